The molecule has 1 amide bonds. The normalized spacial score (nSPS) is 10.8. The lowest BCUT2D eigenvalue weighted by atomic mass is 10.2. The quantitative estimate of drug-likeness (QED) is 0.659. The molecule has 2 rings (SSSR count). The van der Waals surface area contributed by atoms with Crippen LogP contribution in [0, 0.1) is 0 Å². The minimum Gasteiger partial charge on any atom is -0.360 e. The molecule has 18 heavy (non-hydrogen) atoms. The Labute approximate surface area is 114 Å². The van der Waals surface area contributed by atoms with Crippen molar-refractivity contribution in [3.05, 3.63) is 57.8 Å². The summed E-state index contributed by atoms with van der Waals surface area (Å²) < 4.78 is 0. The van der Waals surface area contributed by atoms with Crippen LogP contribution in [0.5, 0.6) is 0 Å². The first kappa shape index (κ1) is 12.7. The maximum absolute atomic E-state index is 11.7. The number of rotatable bonds is 3. The van der Waals surface area contributed by atoms with Crippen molar-refractivity contribution in [3.8, 4) is 0 Å². The molecule has 0 spiro atoms. The molecule has 0 bridgehead atoms. The smallest absolute Gasteiger partial charge is 0.272 e. The van der Waals surface area contributed by atoms with Gasteiger partial charge in [0, 0.05) is 11.2 Å². The zero-order valence-corrected chi connectivity index (χ0v) is 10.7. The lowest BCUT2D eigenvalue weighted by Crippen LogP contribution is -2.18. The first-order valence-electron chi connectivity index (χ1n) is 5.08. The summed E-state index contributed by atoms with van der Waals surface area (Å²) in [5.74, 6) is -0.389. The summed E-state index contributed by atoms with van der Waals surface area (Å²) in [5, 5.41) is 4.57. The topological polar surface area (TPSA) is 57.2 Å². The minimum atomic E-state index is -0.389. The van der Waals surface area contributed by atoms with Gasteiger partial charge in [0.05, 0.1) is 22.5 Å². The maximum Gasteiger partial charge on any atom is 0.272 e. The van der Waals surface area contributed by atoms with Crippen LogP contribution in [-0.2, 0) is 0 Å². The fourth-order valence-electron chi connectivity index (χ4n) is 1.32. The summed E-state index contributed by atoms with van der Waals surface area (Å²) in [4.78, 5) is 14.7. The molecule has 0 aliphatic carbocycles. The summed E-state index contributed by atoms with van der Waals surface area (Å²) in [6.45, 7) is 0. The number of hydrazone groups is 1. The van der Waals surface area contributed by atoms with Gasteiger partial charge in [-0.05, 0) is 30.3 Å². The predicted molar refractivity (Wildman–Crippen MR) is 72.3 cm³/mol. The number of hydrogen-bond acceptors (Lipinski definition) is 2. The molecule has 0 atom stereocenters. The van der Waals surface area contributed by atoms with Crippen LogP contribution in [0.2, 0.25) is 10.0 Å². The average Bonchev–Trinajstić information content (AvgIpc) is 2.81. The lowest BCUT2D eigenvalue weighted by molar-refractivity contribution is 0.0955. The third-order valence-corrected chi connectivity index (χ3v) is 2.72. The number of amides is 1. The molecule has 0 fully saturated rings. The monoisotopic (exact) mass is 281 g/mol. The van der Waals surface area contributed by atoms with E-state index in [1.165, 1.54) is 12.3 Å². The number of benzene rings is 1. The van der Waals surface area contributed by atoms with Crippen molar-refractivity contribution < 1.29 is 4.79 Å². The van der Waals surface area contributed by atoms with Crippen LogP contribution in [0.4, 0.5) is 0 Å². The van der Waals surface area contributed by atoms with Gasteiger partial charge >= 0.3 is 0 Å². The van der Waals surface area contributed by atoms with Gasteiger partial charge in [0.15, 0.2) is 0 Å². The molecule has 0 aliphatic heterocycles. The molecule has 1 aromatic heterocycles. The van der Waals surface area contributed by atoms with E-state index in [2.05, 4.69) is 15.5 Å². The van der Waals surface area contributed by atoms with E-state index < -0.39 is 0 Å². The summed E-state index contributed by atoms with van der Waals surface area (Å²) in [6, 6.07) is 8.30. The molecule has 1 heterocycles. The number of aromatic nitrogens is 1. The van der Waals surface area contributed by atoms with Crippen LogP contribution in [0.25, 0.3) is 0 Å². The fraction of sp³-hybridized carbons (Fsp3) is 0. The Kier molecular flexibility index (Phi) is 4.02. The van der Waals surface area contributed by atoms with E-state index in [1.807, 2.05) is 12.1 Å². The molecular formula is C12H9Cl2N3O. The highest BCUT2D eigenvalue weighted by Gasteiger charge is 2.09. The molecule has 0 saturated heterocycles. The first-order valence-corrected chi connectivity index (χ1v) is 5.84. The lowest BCUT2D eigenvalue weighted by Gasteiger charge is -2.02. The van der Waals surface area contributed by atoms with Crippen molar-refractivity contribution in [3.63, 3.8) is 0 Å². The molecule has 0 radical (unpaired) electrons. The molecule has 4 nitrogen and oxygen atoms in total. The van der Waals surface area contributed by atoms with Gasteiger partial charge in [-0.3, -0.25) is 4.79 Å². The van der Waals surface area contributed by atoms with Crippen molar-refractivity contribution in [2.45, 2.75) is 0 Å². The van der Waals surface area contributed by atoms with E-state index in [1.54, 1.807) is 18.3 Å². The van der Waals surface area contributed by atoms with Crippen molar-refractivity contribution in [1.29, 1.82) is 0 Å². The number of hydrogen-bond donors (Lipinski definition) is 2. The largest absolute Gasteiger partial charge is 0.360 e. The Bertz CT molecular complexity index is 579. The summed E-state index contributed by atoms with van der Waals surface area (Å²) >= 11 is 11.6. The molecule has 0 unspecified atom stereocenters. The summed E-state index contributed by atoms with van der Waals surface area (Å²) in [5.41, 5.74) is 3.49. The molecule has 0 saturated carbocycles. The molecule has 92 valence electrons. The Balaban J connectivity index is 2.04. The van der Waals surface area contributed by atoms with Gasteiger partial charge in [-0.1, -0.05) is 23.2 Å². The van der Waals surface area contributed by atoms with Crippen LogP contribution in [-0.4, -0.2) is 17.1 Å². The second-order valence-electron chi connectivity index (χ2n) is 3.45. The Hall–Kier alpha value is -1.78. The molecule has 6 heteroatoms. The standard InChI is InChI=1S/C12H9Cl2N3O/c13-8-3-4-10(11(14)6-8)12(18)17-16-7-9-2-1-5-15-9/h1-7,15H,(H,17,18)/b16-7+. The third kappa shape index (κ3) is 3.12. The van der Waals surface area contributed by atoms with Crippen molar-refractivity contribution >= 4 is 35.3 Å². The number of carbonyl (C=O) groups excluding carboxylic acids is 1. The molecule has 2 N–H and O–H groups in total. The highest BCUT2D eigenvalue weighted by Crippen LogP contribution is 2.20. The average molecular weight is 282 g/mol. The fourth-order valence-corrected chi connectivity index (χ4v) is 1.81. The second-order valence-corrected chi connectivity index (χ2v) is 4.29. The Morgan fingerprint density at radius 2 is 2.17 bits per heavy atom. The van der Waals surface area contributed by atoms with Crippen molar-refractivity contribution in [2.24, 2.45) is 5.10 Å². The Morgan fingerprint density at radius 3 is 2.83 bits per heavy atom. The van der Waals surface area contributed by atoms with Crippen LogP contribution in [0.15, 0.2) is 41.6 Å². The van der Waals surface area contributed by atoms with E-state index in [0.29, 0.717) is 10.6 Å². The predicted octanol–water partition coefficient (Wildman–Crippen LogP) is 3.09. The van der Waals surface area contributed by atoms with Gasteiger partial charge in [0.1, 0.15) is 0 Å². The maximum atomic E-state index is 11.7. The molecule has 2 aromatic rings. The van der Waals surface area contributed by atoms with Gasteiger partial charge in [0.25, 0.3) is 5.91 Å². The van der Waals surface area contributed by atoms with Crippen LogP contribution < -0.4 is 5.43 Å². The third-order valence-electron chi connectivity index (χ3n) is 2.17. The number of halogens is 2. The van der Waals surface area contributed by atoms with Gasteiger partial charge in [-0.25, -0.2) is 5.43 Å². The minimum absolute atomic E-state index is 0.287. The van der Waals surface area contributed by atoms with E-state index >= 15 is 0 Å². The zero-order chi connectivity index (χ0) is 13.0. The number of nitrogens with zero attached hydrogens (tertiary/aromatic N) is 1. The second kappa shape index (κ2) is 5.71. The van der Waals surface area contributed by atoms with Gasteiger partial charge in [-0.15, -0.1) is 0 Å². The SMILES string of the molecule is O=C(N/N=C/c1ccc[nH]1)c1ccc(Cl)cc1Cl. The van der Waals surface area contributed by atoms with Crippen LogP contribution >= 0.6 is 23.2 Å². The number of nitrogens with one attached hydrogen (secondary N) is 2. The van der Waals surface area contributed by atoms with Gasteiger partial charge < -0.3 is 4.98 Å². The van der Waals surface area contributed by atoms with Crippen LogP contribution in [0.3, 0.4) is 0 Å². The number of aromatic amines is 1. The molecule has 1 aromatic carbocycles. The van der Waals surface area contributed by atoms with E-state index in [9.17, 15) is 4.79 Å². The van der Waals surface area contributed by atoms with Crippen molar-refractivity contribution in [1.82, 2.24) is 10.4 Å². The number of H-pyrrole nitrogens is 1. The van der Waals surface area contributed by atoms with Gasteiger partial charge in [-0.2, -0.15) is 5.10 Å². The van der Waals surface area contributed by atoms with E-state index in [4.69, 9.17) is 23.2 Å². The molecule has 0 aliphatic rings. The van der Waals surface area contributed by atoms with Crippen LogP contribution in [0.1, 0.15) is 16.1 Å². The highest BCUT2D eigenvalue weighted by atomic mass is 35.5. The summed E-state index contributed by atoms with van der Waals surface area (Å²) in [6.07, 6.45) is 3.26. The van der Waals surface area contributed by atoms with E-state index in [0.717, 1.165) is 5.69 Å². The molecular weight excluding hydrogens is 273 g/mol. The highest BCUT2D eigenvalue weighted by molar-refractivity contribution is 6.36. The zero-order valence-electron chi connectivity index (χ0n) is 9.15. The number of carbonyl (C=O) groups is 1. The Morgan fingerprint density at radius 1 is 1.33 bits per heavy atom. The van der Waals surface area contributed by atoms with Crippen molar-refractivity contribution in [2.75, 3.05) is 0 Å². The first-order chi connectivity index (χ1) is 8.66. The van der Waals surface area contributed by atoms with E-state index in [-0.39, 0.29) is 10.9 Å². The van der Waals surface area contributed by atoms with Gasteiger partial charge in [0.2, 0.25) is 0 Å². The summed E-state index contributed by atoms with van der Waals surface area (Å²) in [7, 11) is 0.